The van der Waals surface area contributed by atoms with E-state index in [1.807, 2.05) is 0 Å². The summed E-state index contributed by atoms with van der Waals surface area (Å²) in [5.41, 5.74) is 1.50. The summed E-state index contributed by atoms with van der Waals surface area (Å²) in [5.74, 6) is -1.96. The Kier molecular flexibility index (Phi) is 4.50. The van der Waals surface area contributed by atoms with Crippen molar-refractivity contribution < 1.29 is 26.8 Å². The lowest BCUT2D eigenvalue weighted by Crippen LogP contribution is -2.41. The van der Waals surface area contributed by atoms with Crippen molar-refractivity contribution in [1.82, 2.24) is 34.8 Å². The van der Waals surface area contributed by atoms with E-state index in [0.29, 0.717) is 22.4 Å². The predicted octanol–water partition coefficient (Wildman–Crippen LogP) is 3.72. The average Bonchev–Trinajstić information content (AvgIpc) is 3.64. The smallest absolute Gasteiger partial charge is 0.333 e. The third-order valence-corrected chi connectivity index (χ3v) is 5.63. The van der Waals surface area contributed by atoms with E-state index in [1.165, 1.54) is 17.3 Å². The minimum atomic E-state index is -2.84. The Morgan fingerprint density at radius 2 is 2.03 bits per heavy atom. The molecule has 0 radical (unpaired) electrons. The second kappa shape index (κ2) is 7.57. The maximum absolute atomic E-state index is 15.4. The molecular weight excluding hydrogens is 455 g/mol. The Hall–Kier alpha value is -4.42. The fraction of sp³-hybridized carbons (Fsp3) is 0.190. The van der Waals surface area contributed by atoms with Crippen molar-refractivity contribution in [2.45, 2.75) is 19.0 Å². The van der Waals surface area contributed by atoms with Gasteiger partial charge in [-0.25, -0.2) is 14.1 Å². The first-order valence-corrected chi connectivity index (χ1v) is 10.2. The van der Waals surface area contributed by atoms with Gasteiger partial charge < -0.3 is 18.7 Å². The SMILES string of the molecule is O=C(c1nnc(-c2ccn(C(F)F)n2)o1)N1CCc2[nH]cnc2[C@H]1c1oc2ccccc2c1F. The average molecular weight is 469 g/mol. The van der Waals surface area contributed by atoms with Crippen molar-refractivity contribution in [3.8, 4) is 11.6 Å². The van der Waals surface area contributed by atoms with Crippen LogP contribution in [0.15, 0.2) is 51.7 Å². The first kappa shape index (κ1) is 20.2. The minimum absolute atomic E-state index is 0.0139. The Morgan fingerprint density at radius 1 is 1.18 bits per heavy atom. The van der Waals surface area contributed by atoms with Crippen LogP contribution in [0.25, 0.3) is 22.6 Å². The molecule has 0 aliphatic carbocycles. The molecule has 1 N–H and O–H groups in total. The van der Waals surface area contributed by atoms with Crippen molar-refractivity contribution in [1.29, 1.82) is 0 Å². The van der Waals surface area contributed by atoms with Gasteiger partial charge in [0.25, 0.3) is 5.89 Å². The van der Waals surface area contributed by atoms with Crippen molar-refractivity contribution in [3.63, 3.8) is 0 Å². The fourth-order valence-electron chi connectivity index (χ4n) is 4.07. The number of aromatic amines is 1. The van der Waals surface area contributed by atoms with Crippen LogP contribution in [0.4, 0.5) is 13.2 Å². The molecule has 0 spiro atoms. The van der Waals surface area contributed by atoms with Crippen LogP contribution >= 0.6 is 0 Å². The highest BCUT2D eigenvalue weighted by Crippen LogP contribution is 2.39. The number of para-hydroxylation sites is 1. The first-order valence-electron chi connectivity index (χ1n) is 10.2. The second-order valence-electron chi connectivity index (χ2n) is 7.56. The number of carbonyl (C=O) groups excluding carboxylic acids is 1. The highest BCUT2D eigenvalue weighted by Gasteiger charge is 2.40. The van der Waals surface area contributed by atoms with Crippen LogP contribution in [0.1, 0.15) is 40.4 Å². The third kappa shape index (κ3) is 3.08. The number of hydrogen-bond donors (Lipinski definition) is 1. The van der Waals surface area contributed by atoms with E-state index in [-0.39, 0.29) is 29.3 Å². The van der Waals surface area contributed by atoms with E-state index in [9.17, 15) is 13.6 Å². The van der Waals surface area contributed by atoms with Gasteiger partial charge in [0.2, 0.25) is 0 Å². The molecule has 0 bridgehead atoms. The Morgan fingerprint density at radius 3 is 2.82 bits per heavy atom. The van der Waals surface area contributed by atoms with Crippen LogP contribution in [0.5, 0.6) is 0 Å². The number of halogens is 3. The number of fused-ring (bicyclic) bond motifs is 2. The van der Waals surface area contributed by atoms with Crippen LogP contribution < -0.4 is 0 Å². The van der Waals surface area contributed by atoms with Crippen molar-refractivity contribution in [2.24, 2.45) is 0 Å². The molecule has 0 saturated heterocycles. The lowest BCUT2D eigenvalue weighted by atomic mass is 9.99. The lowest BCUT2D eigenvalue weighted by molar-refractivity contribution is 0.0566. The largest absolute Gasteiger partial charge is 0.455 e. The van der Waals surface area contributed by atoms with Gasteiger partial charge in [0.15, 0.2) is 11.6 Å². The van der Waals surface area contributed by atoms with Gasteiger partial charge in [0, 0.05) is 24.9 Å². The number of H-pyrrole nitrogens is 1. The summed E-state index contributed by atoms with van der Waals surface area (Å²) in [7, 11) is 0. The Balaban J connectivity index is 1.39. The molecule has 1 amide bonds. The fourth-order valence-corrected chi connectivity index (χ4v) is 4.07. The standard InChI is InChI=1S/C21H14F3N7O3/c22-14-10-3-1-2-4-13(10)33-17(14)16-15-11(25-9-26-15)5-7-30(16)20(32)19-28-27-18(34-19)12-6-8-31(29-12)21(23)24/h1-4,6,8-9,16,21H,5,7H2,(H,25,26)/t16-/m0/s1. The van der Waals surface area contributed by atoms with Gasteiger partial charge in [0.1, 0.15) is 17.3 Å². The van der Waals surface area contributed by atoms with Gasteiger partial charge in [-0.3, -0.25) is 4.79 Å². The minimum Gasteiger partial charge on any atom is -0.455 e. The normalized spacial score (nSPS) is 15.9. The van der Waals surface area contributed by atoms with Crippen LogP contribution in [-0.4, -0.2) is 47.3 Å². The summed E-state index contributed by atoms with van der Waals surface area (Å²) in [4.78, 5) is 22.0. The van der Waals surface area contributed by atoms with Crippen LogP contribution in [-0.2, 0) is 6.42 Å². The summed E-state index contributed by atoms with van der Waals surface area (Å²) in [6.45, 7) is -2.65. The van der Waals surface area contributed by atoms with E-state index in [1.54, 1.807) is 24.3 Å². The molecule has 0 saturated carbocycles. The molecule has 1 aliphatic rings. The predicted molar refractivity (Wildman–Crippen MR) is 108 cm³/mol. The molecule has 13 heteroatoms. The molecular formula is C21H14F3N7O3. The molecule has 1 aromatic carbocycles. The number of benzene rings is 1. The molecule has 5 heterocycles. The summed E-state index contributed by atoms with van der Waals surface area (Å²) in [6.07, 6.45) is 2.95. The molecule has 0 fully saturated rings. The molecule has 172 valence electrons. The number of amides is 1. The van der Waals surface area contributed by atoms with E-state index in [2.05, 4.69) is 25.3 Å². The Bertz CT molecular complexity index is 1520. The summed E-state index contributed by atoms with van der Waals surface area (Å²) < 4.78 is 52.6. The summed E-state index contributed by atoms with van der Waals surface area (Å²) >= 11 is 0. The lowest BCUT2D eigenvalue weighted by Gasteiger charge is -2.32. The number of rotatable bonds is 4. The number of furan rings is 1. The summed E-state index contributed by atoms with van der Waals surface area (Å²) in [6, 6.07) is 6.89. The van der Waals surface area contributed by atoms with Gasteiger partial charge in [-0.2, -0.15) is 13.9 Å². The number of imidazole rings is 1. The summed E-state index contributed by atoms with van der Waals surface area (Å²) in [5, 5.41) is 11.4. The quantitative estimate of drug-likeness (QED) is 0.426. The van der Waals surface area contributed by atoms with Gasteiger partial charge in [-0.05, 0) is 18.2 Å². The molecule has 10 nitrogen and oxygen atoms in total. The monoisotopic (exact) mass is 469 g/mol. The molecule has 4 aromatic heterocycles. The van der Waals surface area contributed by atoms with E-state index < -0.39 is 30.2 Å². The van der Waals surface area contributed by atoms with Gasteiger partial charge >= 0.3 is 18.3 Å². The second-order valence-corrected chi connectivity index (χ2v) is 7.56. The van der Waals surface area contributed by atoms with Crippen LogP contribution in [0.3, 0.4) is 0 Å². The number of nitrogens with zero attached hydrogens (tertiary/aromatic N) is 6. The first-order chi connectivity index (χ1) is 16.5. The maximum atomic E-state index is 15.4. The Labute approximate surface area is 188 Å². The van der Waals surface area contributed by atoms with Crippen LogP contribution in [0.2, 0.25) is 0 Å². The zero-order valence-corrected chi connectivity index (χ0v) is 17.2. The molecule has 6 rings (SSSR count). The van der Waals surface area contributed by atoms with Crippen molar-refractivity contribution in [3.05, 3.63) is 71.7 Å². The van der Waals surface area contributed by atoms with Gasteiger partial charge in [-0.1, -0.05) is 12.1 Å². The van der Waals surface area contributed by atoms with Gasteiger partial charge in [-0.15, -0.1) is 10.2 Å². The van der Waals surface area contributed by atoms with E-state index >= 15 is 4.39 Å². The molecule has 1 aliphatic heterocycles. The molecule has 1 atom stereocenters. The van der Waals surface area contributed by atoms with Gasteiger partial charge in [0.05, 0.1) is 17.4 Å². The van der Waals surface area contributed by atoms with Crippen molar-refractivity contribution in [2.75, 3.05) is 6.54 Å². The third-order valence-electron chi connectivity index (χ3n) is 5.63. The molecule has 34 heavy (non-hydrogen) atoms. The molecule has 5 aromatic rings. The number of carbonyl (C=O) groups is 1. The maximum Gasteiger partial charge on any atom is 0.333 e. The highest BCUT2D eigenvalue weighted by atomic mass is 19.3. The van der Waals surface area contributed by atoms with E-state index in [0.717, 1.165) is 11.9 Å². The number of aromatic nitrogens is 6. The zero-order chi connectivity index (χ0) is 23.4. The number of alkyl halides is 2. The zero-order valence-electron chi connectivity index (χ0n) is 17.2. The topological polar surface area (TPSA) is 119 Å². The van der Waals surface area contributed by atoms with Crippen LogP contribution in [0, 0.1) is 5.82 Å². The van der Waals surface area contributed by atoms with E-state index in [4.69, 9.17) is 8.83 Å². The highest BCUT2D eigenvalue weighted by molar-refractivity contribution is 5.90. The molecule has 0 unspecified atom stereocenters. The number of nitrogens with one attached hydrogen (secondary N) is 1. The van der Waals surface area contributed by atoms with Crippen molar-refractivity contribution >= 4 is 16.9 Å². The number of hydrogen-bond acceptors (Lipinski definition) is 7.